The predicted molar refractivity (Wildman–Crippen MR) is 92.9 cm³/mol. The molecule has 1 amide bonds. The number of benzene rings is 2. The van der Waals surface area contributed by atoms with Crippen molar-refractivity contribution in [2.24, 2.45) is 0 Å². The highest BCUT2D eigenvalue weighted by molar-refractivity contribution is 6.32. The van der Waals surface area contributed by atoms with Crippen molar-refractivity contribution in [2.45, 2.75) is 25.9 Å². The SMILES string of the molecule is COc1ccc(NC(=O)[C@@H](C)[NH2+][C@H](C)c2ccccc2)cc1Cl. The number of rotatable bonds is 6. The molecule has 23 heavy (non-hydrogen) atoms. The molecule has 0 aliphatic carbocycles. The van der Waals surface area contributed by atoms with Crippen LogP contribution in [0.15, 0.2) is 48.5 Å². The monoisotopic (exact) mass is 333 g/mol. The van der Waals surface area contributed by atoms with E-state index in [9.17, 15) is 4.79 Å². The third kappa shape index (κ3) is 4.71. The number of quaternary nitrogens is 1. The zero-order chi connectivity index (χ0) is 16.8. The number of hydrogen-bond acceptors (Lipinski definition) is 2. The van der Waals surface area contributed by atoms with E-state index >= 15 is 0 Å². The quantitative estimate of drug-likeness (QED) is 0.853. The fourth-order valence-corrected chi connectivity index (χ4v) is 2.65. The minimum Gasteiger partial charge on any atom is -0.495 e. The van der Waals surface area contributed by atoms with Crippen molar-refractivity contribution < 1.29 is 14.8 Å². The van der Waals surface area contributed by atoms with Gasteiger partial charge in [-0.25, -0.2) is 0 Å². The Labute approximate surface area is 141 Å². The first-order chi connectivity index (χ1) is 11.0. The Morgan fingerprint density at radius 1 is 1.17 bits per heavy atom. The number of nitrogens with one attached hydrogen (secondary N) is 1. The molecule has 2 rings (SSSR count). The van der Waals surface area contributed by atoms with Gasteiger partial charge in [-0.05, 0) is 32.0 Å². The lowest BCUT2D eigenvalue weighted by Crippen LogP contribution is -2.91. The van der Waals surface area contributed by atoms with Gasteiger partial charge in [-0.1, -0.05) is 41.9 Å². The average Bonchev–Trinajstić information content (AvgIpc) is 2.55. The zero-order valence-corrected chi connectivity index (χ0v) is 14.3. The Kier molecular flexibility index (Phi) is 6.02. The number of methoxy groups -OCH3 is 1. The Bertz CT molecular complexity index is 661. The molecule has 5 heteroatoms. The molecule has 4 nitrogen and oxygen atoms in total. The molecule has 0 aromatic heterocycles. The fraction of sp³-hybridized carbons (Fsp3) is 0.278. The first-order valence-electron chi connectivity index (χ1n) is 7.55. The summed E-state index contributed by atoms with van der Waals surface area (Å²) in [4.78, 5) is 12.3. The van der Waals surface area contributed by atoms with Crippen LogP contribution in [0.4, 0.5) is 5.69 Å². The van der Waals surface area contributed by atoms with Crippen molar-refractivity contribution in [1.29, 1.82) is 0 Å². The average molecular weight is 334 g/mol. The summed E-state index contributed by atoms with van der Waals surface area (Å²) in [7, 11) is 1.56. The molecule has 0 fully saturated rings. The van der Waals surface area contributed by atoms with Crippen LogP contribution in [0.1, 0.15) is 25.5 Å². The van der Waals surface area contributed by atoms with Crippen molar-refractivity contribution >= 4 is 23.2 Å². The number of anilines is 1. The van der Waals surface area contributed by atoms with Crippen LogP contribution in [0.3, 0.4) is 0 Å². The van der Waals surface area contributed by atoms with Gasteiger partial charge in [0, 0.05) is 11.3 Å². The topological polar surface area (TPSA) is 54.9 Å². The Hall–Kier alpha value is -2.04. The van der Waals surface area contributed by atoms with E-state index in [0.717, 1.165) is 0 Å². The summed E-state index contributed by atoms with van der Waals surface area (Å²) in [6.45, 7) is 3.98. The highest BCUT2D eigenvalue weighted by Gasteiger charge is 2.20. The van der Waals surface area contributed by atoms with Crippen molar-refractivity contribution in [3.63, 3.8) is 0 Å². The lowest BCUT2D eigenvalue weighted by molar-refractivity contribution is -0.709. The van der Waals surface area contributed by atoms with E-state index in [2.05, 4.69) is 24.4 Å². The number of hydrogen-bond donors (Lipinski definition) is 2. The van der Waals surface area contributed by atoms with Gasteiger partial charge in [0.25, 0.3) is 5.91 Å². The van der Waals surface area contributed by atoms with Crippen molar-refractivity contribution in [2.75, 3.05) is 12.4 Å². The lowest BCUT2D eigenvalue weighted by Gasteiger charge is -2.17. The molecule has 0 aliphatic rings. The van der Waals surface area contributed by atoms with E-state index < -0.39 is 0 Å². The number of carbonyl (C=O) groups excluding carboxylic acids is 1. The van der Waals surface area contributed by atoms with Gasteiger partial charge in [0.05, 0.1) is 12.1 Å². The molecule has 0 bridgehead atoms. The molecule has 0 heterocycles. The van der Waals surface area contributed by atoms with Gasteiger partial charge in [0.2, 0.25) is 0 Å². The van der Waals surface area contributed by atoms with Gasteiger partial charge >= 0.3 is 0 Å². The summed E-state index contributed by atoms with van der Waals surface area (Å²) in [6, 6.07) is 15.3. The third-order valence-corrected chi connectivity index (χ3v) is 4.03. The summed E-state index contributed by atoms with van der Waals surface area (Å²) in [5.41, 5.74) is 1.85. The number of ether oxygens (including phenoxy) is 1. The molecule has 2 aromatic rings. The van der Waals surface area contributed by atoms with Crippen molar-refractivity contribution in [3.8, 4) is 5.75 Å². The summed E-state index contributed by atoms with van der Waals surface area (Å²) >= 11 is 6.07. The molecule has 0 saturated carbocycles. The number of halogens is 1. The second kappa shape index (κ2) is 7.99. The highest BCUT2D eigenvalue weighted by Crippen LogP contribution is 2.27. The maximum absolute atomic E-state index is 12.3. The molecule has 3 N–H and O–H groups in total. The van der Waals surface area contributed by atoms with Gasteiger partial charge < -0.3 is 15.4 Å². The standard InChI is InChI=1S/C18H21ClN2O2/c1-12(14-7-5-4-6-8-14)20-13(2)18(22)21-15-9-10-17(23-3)16(19)11-15/h4-13,20H,1-3H3,(H,21,22)/p+1/t12-,13-/m1/s1. The van der Waals surface area contributed by atoms with Crippen LogP contribution >= 0.6 is 11.6 Å². The molecule has 0 aliphatic heterocycles. The minimum atomic E-state index is -0.217. The van der Waals surface area contributed by atoms with Crippen LogP contribution in [-0.2, 0) is 4.79 Å². The fourth-order valence-electron chi connectivity index (χ4n) is 2.39. The molecule has 0 spiro atoms. The molecule has 0 radical (unpaired) electrons. The summed E-state index contributed by atoms with van der Waals surface area (Å²) in [6.07, 6.45) is 0. The maximum Gasteiger partial charge on any atom is 0.282 e. The lowest BCUT2D eigenvalue weighted by atomic mass is 10.1. The molecule has 122 valence electrons. The largest absolute Gasteiger partial charge is 0.495 e. The minimum absolute atomic E-state index is 0.0611. The molecule has 0 saturated heterocycles. The van der Waals surface area contributed by atoms with Crippen LogP contribution in [0, 0.1) is 0 Å². The molecule has 2 aromatic carbocycles. The number of amides is 1. The van der Waals surface area contributed by atoms with E-state index in [1.165, 1.54) is 5.56 Å². The van der Waals surface area contributed by atoms with Crippen LogP contribution in [0.25, 0.3) is 0 Å². The van der Waals surface area contributed by atoms with E-state index in [4.69, 9.17) is 16.3 Å². The summed E-state index contributed by atoms with van der Waals surface area (Å²) in [5.74, 6) is 0.524. The first-order valence-corrected chi connectivity index (χ1v) is 7.93. The second-order valence-electron chi connectivity index (χ2n) is 5.52. The molecular formula is C18H22ClN2O2+. The third-order valence-electron chi connectivity index (χ3n) is 3.74. The van der Waals surface area contributed by atoms with E-state index in [1.54, 1.807) is 25.3 Å². The van der Waals surface area contributed by atoms with Crippen molar-refractivity contribution in [1.82, 2.24) is 0 Å². The smallest absolute Gasteiger partial charge is 0.282 e. The van der Waals surface area contributed by atoms with Gasteiger partial charge in [-0.3, -0.25) is 4.79 Å². The van der Waals surface area contributed by atoms with Gasteiger partial charge in [0.15, 0.2) is 6.04 Å². The predicted octanol–water partition coefficient (Wildman–Crippen LogP) is 3.00. The maximum atomic E-state index is 12.3. The van der Waals surface area contributed by atoms with E-state index in [0.29, 0.717) is 16.5 Å². The highest BCUT2D eigenvalue weighted by atomic mass is 35.5. The van der Waals surface area contributed by atoms with Crippen LogP contribution in [0.5, 0.6) is 5.75 Å². The molecular weight excluding hydrogens is 312 g/mol. The van der Waals surface area contributed by atoms with Gasteiger partial charge in [-0.2, -0.15) is 0 Å². The Morgan fingerprint density at radius 2 is 1.87 bits per heavy atom. The molecule has 2 atom stereocenters. The Morgan fingerprint density at radius 3 is 2.48 bits per heavy atom. The first kappa shape index (κ1) is 17.3. The molecule has 0 unspecified atom stereocenters. The summed E-state index contributed by atoms with van der Waals surface area (Å²) < 4.78 is 5.10. The van der Waals surface area contributed by atoms with Crippen molar-refractivity contribution in [3.05, 3.63) is 59.1 Å². The van der Waals surface area contributed by atoms with Gasteiger partial charge in [0.1, 0.15) is 11.8 Å². The van der Waals surface area contributed by atoms with E-state index in [-0.39, 0.29) is 18.0 Å². The van der Waals surface area contributed by atoms with E-state index in [1.807, 2.05) is 30.4 Å². The number of carbonyl (C=O) groups is 1. The number of nitrogens with two attached hydrogens (primary N) is 1. The van der Waals surface area contributed by atoms with Crippen LogP contribution < -0.4 is 15.4 Å². The van der Waals surface area contributed by atoms with Crippen LogP contribution in [-0.4, -0.2) is 19.1 Å². The summed E-state index contributed by atoms with van der Waals surface area (Å²) in [5, 5.41) is 5.39. The normalized spacial score (nSPS) is 13.2. The Balaban J connectivity index is 1.96. The second-order valence-corrected chi connectivity index (χ2v) is 5.93. The van der Waals surface area contributed by atoms with Gasteiger partial charge in [-0.15, -0.1) is 0 Å². The van der Waals surface area contributed by atoms with Crippen LogP contribution in [0.2, 0.25) is 5.02 Å². The zero-order valence-electron chi connectivity index (χ0n) is 13.5.